The molecular weight excluding hydrogens is 1500 g/mol. The molecule has 0 bridgehead atoms. The Bertz CT molecular complexity index is 3950. The smallest absolute Gasteiger partial charge is 0.423 e. The Hall–Kier alpha value is -5.69. The topological polar surface area (TPSA) is 142 Å². The van der Waals surface area contributed by atoms with Crippen LogP contribution in [0.1, 0.15) is 175 Å². The van der Waals surface area contributed by atoms with Crippen LogP contribution >= 0.6 is 27.5 Å². The average molecular weight is 1600 g/mol. The molecule has 0 atom stereocenters. The maximum absolute atomic E-state index is 14.2. The minimum absolute atomic E-state index is 0. The van der Waals surface area contributed by atoms with E-state index in [1.807, 2.05) is 36.4 Å². The number of aliphatic hydroxyl groups excluding tert-OH is 1. The van der Waals surface area contributed by atoms with E-state index in [4.69, 9.17) is 26.8 Å². The van der Waals surface area contributed by atoms with Gasteiger partial charge in [0.1, 0.15) is 29.1 Å². The van der Waals surface area contributed by atoms with E-state index in [0.717, 1.165) is 50.8 Å². The summed E-state index contributed by atoms with van der Waals surface area (Å²) in [7, 11) is -1.51. The van der Waals surface area contributed by atoms with Crippen LogP contribution in [0.5, 0.6) is 0 Å². The third-order valence-electron chi connectivity index (χ3n) is 23.1. The van der Waals surface area contributed by atoms with Gasteiger partial charge in [0.25, 0.3) is 11.5 Å². The number of hydrogen-bond donors (Lipinski definition) is 5. The Morgan fingerprint density at radius 2 is 1.05 bits per heavy atom. The molecule has 4 heterocycles. The van der Waals surface area contributed by atoms with Crippen molar-refractivity contribution in [3.63, 3.8) is 0 Å². The van der Waals surface area contributed by atoms with Gasteiger partial charge in [-0.2, -0.15) is 23.3 Å². The summed E-state index contributed by atoms with van der Waals surface area (Å²) < 4.78 is 75.7. The van der Waals surface area contributed by atoms with E-state index in [1.54, 1.807) is 48.5 Å². The molecule has 8 aromatic rings. The summed E-state index contributed by atoms with van der Waals surface area (Å²) in [4.78, 5) is 29.2. The zero-order chi connectivity index (χ0) is 73.0. The average Bonchev–Trinajstić information content (AvgIpc) is 0.768. The van der Waals surface area contributed by atoms with Gasteiger partial charge >= 0.3 is 39.8 Å². The number of aromatic amines is 1. The largest absolute Gasteiger partial charge is 3.00 e. The van der Waals surface area contributed by atoms with Crippen molar-refractivity contribution in [2.45, 2.75) is 166 Å². The quantitative estimate of drug-likeness (QED) is 0.0480. The number of likely N-dealkylation sites (tertiary alicyclic amines) is 1. The number of H-pyrrole nitrogens is 1. The zero-order valence-electron chi connectivity index (χ0n) is 59.2. The van der Waals surface area contributed by atoms with Crippen LogP contribution < -0.4 is 21.2 Å². The van der Waals surface area contributed by atoms with Crippen LogP contribution in [-0.4, -0.2) is 93.5 Å². The monoisotopic (exact) mass is 1600 g/mol. The Labute approximate surface area is 655 Å². The summed E-state index contributed by atoms with van der Waals surface area (Å²) >= 11 is 9.06. The van der Waals surface area contributed by atoms with Gasteiger partial charge < -0.3 is 44.1 Å². The molecule has 0 radical (unpaired) electrons. The van der Waals surface area contributed by atoms with Crippen LogP contribution in [0.15, 0.2) is 169 Å². The molecule has 8 saturated carbocycles. The van der Waals surface area contributed by atoms with Gasteiger partial charge in [-0.15, -0.1) is 12.1 Å². The van der Waals surface area contributed by atoms with Crippen molar-refractivity contribution < 1.29 is 79.0 Å². The molecule has 20 heteroatoms. The Morgan fingerprint density at radius 1 is 0.590 bits per heavy atom. The van der Waals surface area contributed by atoms with Gasteiger partial charge in [-0.1, -0.05) is 116 Å². The fourth-order valence-corrected chi connectivity index (χ4v) is 17.5. The summed E-state index contributed by atoms with van der Waals surface area (Å²) in [5.74, 6) is -1.32. The number of fused-ring (bicyclic) bond motifs is 1. The molecule has 19 rings (SSSR count). The molecule has 0 unspecified atom stereocenters. The van der Waals surface area contributed by atoms with Crippen LogP contribution in [-0.2, 0) is 39.1 Å². The molecule has 1 aromatic heterocycles. The predicted octanol–water partition coefficient (Wildman–Crippen LogP) is 18.5. The van der Waals surface area contributed by atoms with Gasteiger partial charge in [0.2, 0.25) is 0 Å². The number of aliphatic hydroxyl groups is 1. The Kier molecular flexibility index (Phi) is 29.5. The van der Waals surface area contributed by atoms with Gasteiger partial charge in [-0.05, 0) is 251 Å². The third kappa shape index (κ3) is 22.5. The molecule has 10 nitrogen and oxygen atoms in total. The van der Waals surface area contributed by atoms with E-state index in [2.05, 4.69) is 56.3 Å². The first-order chi connectivity index (χ1) is 49.3. The first-order valence-electron chi connectivity index (χ1n) is 36.5. The van der Waals surface area contributed by atoms with E-state index in [0.29, 0.717) is 51.9 Å². The molecule has 11 aliphatic rings. The maximum atomic E-state index is 14.2. The van der Waals surface area contributed by atoms with Crippen molar-refractivity contribution in [1.29, 1.82) is 0 Å². The number of nitrogens with zero attached hydrogens (tertiary/aromatic N) is 3. The van der Waals surface area contributed by atoms with Gasteiger partial charge in [0.05, 0.1) is 22.7 Å². The van der Waals surface area contributed by atoms with Crippen LogP contribution in [0.3, 0.4) is 0 Å². The number of carbonyl (C=O) groups excluding carboxylic acids is 1. The number of anilines is 1. The van der Waals surface area contributed by atoms with Crippen LogP contribution in [0.4, 0.5) is 32.0 Å². The fraction of sp³-hybridized carbons (Fsp3) is 0.447. The molecule has 1 amide bonds. The van der Waals surface area contributed by atoms with Gasteiger partial charge in [-0.25, -0.2) is 31.4 Å². The van der Waals surface area contributed by atoms with Crippen molar-refractivity contribution >= 4 is 62.5 Å². The van der Waals surface area contributed by atoms with Crippen molar-refractivity contribution in [3.05, 3.63) is 256 Å². The summed E-state index contributed by atoms with van der Waals surface area (Å²) in [5, 5.41) is 37.8. The number of halogens is 8. The van der Waals surface area contributed by atoms with Crippen molar-refractivity contribution in [2.24, 2.45) is 32.5 Å². The van der Waals surface area contributed by atoms with Crippen LogP contribution in [0.2, 0.25) is 5.02 Å². The van der Waals surface area contributed by atoms with Crippen LogP contribution in [0, 0.1) is 87.3 Å². The molecule has 3 saturated heterocycles. The Morgan fingerprint density at radius 3 is 1.44 bits per heavy atom. The van der Waals surface area contributed by atoms with E-state index in [-0.39, 0.29) is 92.4 Å². The molecule has 556 valence electrons. The molecule has 7 aromatic carbocycles. The number of carbonyl (C=O) groups is 1. The number of hydrogen-bond acceptors (Lipinski definition) is 8. The summed E-state index contributed by atoms with van der Waals surface area (Å²) in [5.41, 5.74) is 7.29. The fourth-order valence-electron chi connectivity index (χ4n) is 16.0. The standard InChI is InChI=1S/C21H18FN3O2.C13H15F.C12H14FN.C7H11Br.C7H12O.C6H6BFO2.C6H4ClF.C6H4F.C6H11N.CH4.Y/c1-21(2)11-25(12-21)20(27)16-9-13(7-8-17(16)22)10-18-14-5-3-4-6-15(14)19(26)24-23-18;14-12-4-2-10(3-5-12)11-8-13(9-11)6-1-7-13;13-10-2-4-11(5-3-10)14-8-12(9-14)6-1-7-12;2*8-6-4-7(5-6)2-1-3-7;8-6-3-1-5(2-4-6)7(9)10;7-5-1-3-6(8)4-2-5;7-6-4-2-1-3-5-6;1-2-6(3-1)4-7-5-6;;/h3-9H,1-2,10-12H2,(H,24,26);2-5,11H,1,6-9H2;2-5H,1,6-9H2;6H,1-5H2;6,8H,1-5H2;1-4,9-10H;1-4H;2-5H;7H,1-5H2;1H4;/q-2;;;;;;;-1;;;+3. The number of rotatable bonds is 6. The van der Waals surface area contributed by atoms with Crippen molar-refractivity contribution in [1.82, 2.24) is 20.4 Å². The number of alkyl halides is 1. The molecular formula is C85H99BBrClF6N5O5Y. The van der Waals surface area contributed by atoms with Crippen molar-refractivity contribution in [2.75, 3.05) is 44.2 Å². The minimum atomic E-state index is -1.51. The molecule has 3 aliphatic heterocycles. The minimum Gasteiger partial charge on any atom is -0.423 e. The van der Waals surface area contributed by atoms with E-state index >= 15 is 0 Å². The van der Waals surface area contributed by atoms with Gasteiger partial charge in [-0.3, -0.25) is 15.0 Å². The van der Waals surface area contributed by atoms with Crippen LogP contribution in [0.25, 0.3) is 10.8 Å². The molecule has 5 N–H and O–H groups in total. The predicted molar refractivity (Wildman–Crippen MR) is 409 cm³/mol. The van der Waals surface area contributed by atoms with Gasteiger partial charge in [0.15, 0.2) is 0 Å². The number of amides is 1. The second kappa shape index (κ2) is 37.1. The normalized spacial score (nSPS) is 21.0. The maximum Gasteiger partial charge on any atom is 3.00 e. The first kappa shape index (κ1) is 83.3. The second-order valence-corrected chi connectivity index (χ2v) is 32.9. The zero-order valence-corrected chi connectivity index (χ0v) is 64.4. The Balaban J connectivity index is 0.000000143. The first-order valence-corrected chi connectivity index (χ1v) is 37.8. The summed E-state index contributed by atoms with van der Waals surface area (Å²) in [6.45, 7) is 13.6. The number of nitrogens with one attached hydrogen (secondary N) is 2. The molecule has 5 spiro atoms. The molecule has 105 heavy (non-hydrogen) atoms. The van der Waals surface area contributed by atoms with Gasteiger partial charge in [0, 0.05) is 64.8 Å². The summed E-state index contributed by atoms with van der Waals surface area (Å²) in [6, 6.07) is 44.7. The van der Waals surface area contributed by atoms with E-state index in [9.17, 15) is 35.9 Å². The molecule has 11 fully saturated rings. The third-order valence-corrected chi connectivity index (χ3v) is 24.0. The number of aromatic nitrogens is 2. The molecule has 8 aliphatic carbocycles. The number of benzene rings is 7. The SMILES string of the molecule is BrC1CC2(CCC2)C1.C.C1CC2(C1)CNC2.Fc1cc[c-]cc1.Fc1ccc(C2CC3(CCC3)C2)cc1.Fc1ccc(Cl)cc1.Fc1ccc(N2CC3(CCC3)C2)cc1.OB(O)c1ccc(F)cc1.OC1CC2(CCC2)C1.[CH2-]C1([CH2-])CN(C(=O)c2cc(Cc3n[nH]c(=O)c4ccccc34)ccc2F)C1.[Y+3]. The summed E-state index contributed by atoms with van der Waals surface area (Å²) in [6.07, 6.45) is 30.0. The second-order valence-electron chi connectivity index (χ2n) is 31.2. The van der Waals surface area contributed by atoms with E-state index in [1.165, 1.54) is 243 Å². The van der Waals surface area contributed by atoms with Crippen molar-refractivity contribution in [3.8, 4) is 0 Å². The van der Waals surface area contributed by atoms with E-state index < -0.39 is 18.4 Å².